The third kappa shape index (κ3) is 3.41. The van der Waals surface area contributed by atoms with Crippen molar-refractivity contribution >= 4 is 43.5 Å². The summed E-state index contributed by atoms with van der Waals surface area (Å²) in [5.74, 6) is 0. The summed E-state index contributed by atoms with van der Waals surface area (Å²) in [5.41, 5.74) is 1.30. The molecule has 0 atom stereocenters. The summed E-state index contributed by atoms with van der Waals surface area (Å²) in [4.78, 5) is 0. The van der Waals surface area contributed by atoms with Gasteiger partial charge in [-0.2, -0.15) is 0 Å². The number of fused-ring (bicyclic) bond motifs is 5. The van der Waals surface area contributed by atoms with E-state index in [1.54, 1.807) is 60.7 Å². The topological polar surface area (TPSA) is 13.1 Å². The molecule has 39 heavy (non-hydrogen) atoms. The Balaban J connectivity index is 1.70. The van der Waals surface area contributed by atoms with Crippen LogP contribution in [0.4, 0.5) is 0 Å². The molecule has 0 spiro atoms. The third-order valence-corrected chi connectivity index (χ3v) is 6.98. The molecule has 1 heteroatoms. The first kappa shape index (κ1) is 13.1. The van der Waals surface area contributed by atoms with Crippen LogP contribution in [0.15, 0.2) is 150 Å². The van der Waals surface area contributed by atoms with Gasteiger partial charge < -0.3 is 4.42 Å². The maximum atomic E-state index is 9.27. The van der Waals surface area contributed by atoms with Crippen LogP contribution >= 0.6 is 0 Å². The minimum atomic E-state index is -0.636. The lowest BCUT2D eigenvalue weighted by molar-refractivity contribution is 0.669. The van der Waals surface area contributed by atoms with Crippen LogP contribution in [-0.4, -0.2) is 0 Å². The van der Waals surface area contributed by atoms with Crippen LogP contribution in [0.2, 0.25) is 0 Å². The van der Waals surface area contributed by atoms with Crippen molar-refractivity contribution in [1.82, 2.24) is 0 Å². The number of rotatable bonds is 3. The molecule has 182 valence electrons. The van der Waals surface area contributed by atoms with Crippen LogP contribution in [-0.2, 0) is 0 Å². The van der Waals surface area contributed by atoms with Crippen molar-refractivity contribution in [3.8, 4) is 33.4 Å². The van der Waals surface area contributed by atoms with Gasteiger partial charge in [0.1, 0.15) is 11.2 Å². The fourth-order valence-electron chi connectivity index (χ4n) is 5.31. The Kier molecular flexibility index (Phi) is 2.92. The van der Waals surface area contributed by atoms with E-state index < -0.39 is 72.5 Å². The predicted octanol–water partition coefficient (Wildman–Crippen LogP) is 10.9. The van der Waals surface area contributed by atoms with Crippen LogP contribution in [0.25, 0.3) is 76.9 Å². The SMILES string of the molecule is [2H]c1c([2H])c(-c2c3c([2H])c([2H])c([2H])c([2H])c3c(-c3cccc4oc5ccccc5c34)c3c([2H])c([2H])c([2H])c([2H])c23)c([2H])c([2H])c1-c1ccccc1. The van der Waals surface area contributed by atoms with Crippen molar-refractivity contribution in [2.75, 3.05) is 0 Å². The first-order valence-electron chi connectivity index (χ1n) is 18.4. The molecular weight excluding hydrogens is 472 g/mol. The van der Waals surface area contributed by atoms with Crippen molar-refractivity contribution in [3.63, 3.8) is 0 Å². The molecule has 0 amide bonds. The van der Waals surface area contributed by atoms with Gasteiger partial charge in [0.05, 0.1) is 16.4 Å². The zero-order chi connectivity index (χ0) is 36.2. The maximum Gasteiger partial charge on any atom is 0.136 e. The van der Waals surface area contributed by atoms with E-state index in [4.69, 9.17) is 12.6 Å². The quantitative estimate of drug-likeness (QED) is 0.216. The van der Waals surface area contributed by atoms with Crippen molar-refractivity contribution in [1.29, 1.82) is 0 Å². The second kappa shape index (κ2) is 8.72. The summed E-state index contributed by atoms with van der Waals surface area (Å²) >= 11 is 0. The van der Waals surface area contributed by atoms with Gasteiger partial charge in [-0.3, -0.25) is 0 Å². The van der Waals surface area contributed by atoms with Gasteiger partial charge in [0.2, 0.25) is 0 Å². The number of hydrogen-bond donors (Lipinski definition) is 0. The molecule has 8 rings (SSSR count). The molecule has 0 radical (unpaired) electrons. The van der Waals surface area contributed by atoms with Crippen LogP contribution < -0.4 is 0 Å². The minimum Gasteiger partial charge on any atom is -0.456 e. The summed E-state index contributed by atoms with van der Waals surface area (Å²) in [6.45, 7) is 0. The highest BCUT2D eigenvalue weighted by Crippen LogP contribution is 2.46. The molecule has 0 aliphatic rings. The largest absolute Gasteiger partial charge is 0.456 e. The van der Waals surface area contributed by atoms with Crippen molar-refractivity contribution in [2.45, 2.75) is 0 Å². The lowest BCUT2D eigenvalue weighted by Gasteiger charge is -2.18. The van der Waals surface area contributed by atoms with Gasteiger partial charge in [-0.1, -0.05) is 133 Å². The van der Waals surface area contributed by atoms with Gasteiger partial charge in [0.25, 0.3) is 0 Å². The number of benzene rings is 7. The molecule has 1 aromatic heterocycles. The van der Waals surface area contributed by atoms with E-state index in [1.165, 1.54) is 0 Å². The molecule has 0 aliphatic heterocycles. The third-order valence-electron chi connectivity index (χ3n) is 6.98. The minimum absolute atomic E-state index is 0.0156. The summed E-state index contributed by atoms with van der Waals surface area (Å²) in [7, 11) is 0. The highest BCUT2D eigenvalue weighted by molar-refractivity contribution is 6.25. The molecule has 1 heterocycles. The van der Waals surface area contributed by atoms with Crippen LogP contribution in [0.1, 0.15) is 16.4 Å². The molecule has 7 aromatic carbocycles. The number of hydrogen-bond acceptors (Lipinski definition) is 1. The molecule has 1 nitrogen and oxygen atoms in total. The average molecular weight is 509 g/mol. The molecule has 0 unspecified atom stereocenters. The summed E-state index contributed by atoms with van der Waals surface area (Å²) in [6.07, 6.45) is 0. The molecule has 0 saturated heterocycles. The monoisotopic (exact) mass is 508 g/mol. The molecular formula is C38H24O. The Bertz CT molecular complexity index is 2720. The highest BCUT2D eigenvalue weighted by atomic mass is 16.3. The van der Waals surface area contributed by atoms with E-state index in [-0.39, 0.29) is 43.8 Å². The second-order valence-electron chi connectivity index (χ2n) is 9.14. The fraction of sp³-hybridized carbons (Fsp3) is 0. The van der Waals surface area contributed by atoms with Gasteiger partial charge in [0.15, 0.2) is 0 Å². The second-order valence-corrected chi connectivity index (χ2v) is 9.14. The van der Waals surface area contributed by atoms with Crippen molar-refractivity contribution < 1.29 is 20.9 Å². The van der Waals surface area contributed by atoms with E-state index >= 15 is 0 Å². The van der Waals surface area contributed by atoms with E-state index in [2.05, 4.69) is 0 Å². The Hall–Kier alpha value is -5.14. The molecule has 0 aliphatic carbocycles. The molecule has 0 fully saturated rings. The van der Waals surface area contributed by atoms with Gasteiger partial charge in [0, 0.05) is 10.8 Å². The van der Waals surface area contributed by atoms with E-state index in [0.717, 1.165) is 0 Å². The highest BCUT2D eigenvalue weighted by Gasteiger charge is 2.19. The Morgan fingerprint density at radius 3 is 1.67 bits per heavy atom. The zero-order valence-electron chi connectivity index (χ0n) is 32.3. The predicted molar refractivity (Wildman–Crippen MR) is 165 cm³/mol. The lowest BCUT2D eigenvalue weighted by Crippen LogP contribution is -1.91. The standard InChI is InChI=1S/C38H24O/c1-2-11-25(12-3-1)26-21-23-27(24-22-26)36-28-13-4-6-15-30(28)37(31-16-7-5-14-29(31)36)33-18-10-20-35-38(33)32-17-8-9-19-34(32)39-35/h1-24H/i4D,5D,6D,7D,13D,14D,15D,16D,21D,22D,23D,24D. The normalized spacial score (nSPS) is 15.9. The lowest BCUT2D eigenvalue weighted by atomic mass is 9.84. The summed E-state index contributed by atoms with van der Waals surface area (Å²) < 4.78 is 115. The Labute approximate surface area is 243 Å². The average Bonchev–Trinajstić information content (AvgIpc) is 3.53. The molecule has 0 bridgehead atoms. The van der Waals surface area contributed by atoms with E-state index in [0.29, 0.717) is 33.1 Å². The van der Waals surface area contributed by atoms with Crippen LogP contribution in [0.3, 0.4) is 0 Å². The van der Waals surface area contributed by atoms with Crippen molar-refractivity contribution in [2.24, 2.45) is 0 Å². The van der Waals surface area contributed by atoms with Gasteiger partial charge in [-0.15, -0.1) is 0 Å². The fourth-order valence-corrected chi connectivity index (χ4v) is 5.31. The first-order valence-corrected chi connectivity index (χ1v) is 12.4. The zero-order valence-corrected chi connectivity index (χ0v) is 20.3. The molecule has 8 aromatic rings. The van der Waals surface area contributed by atoms with Gasteiger partial charge in [-0.05, 0) is 67.1 Å². The van der Waals surface area contributed by atoms with Crippen LogP contribution in [0.5, 0.6) is 0 Å². The number of furan rings is 1. The number of para-hydroxylation sites is 1. The molecule has 0 N–H and O–H groups in total. The summed E-state index contributed by atoms with van der Waals surface area (Å²) in [5, 5.41) is 0.620. The van der Waals surface area contributed by atoms with Gasteiger partial charge >= 0.3 is 0 Å². The maximum absolute atomic E-state index is 9.27. The van der Waals surface area contributed by atoms with Crippen LogP contribution in [0, 0.1) is 0 Å². The Morgan fingerprint density at radius 2 is 0.974 bits per heavy atom. The molecule has 0 saturated carbocycles. The van der Waals surface area contributed by atoms with Crippen molar-refractivity contribution in [3.05, 3.63) is 145 Å². The van der Waals surface area contributed by atoms with Gasteiger partial charge in [-0.25, -0.2) is 0 Å². The Morgan fingerprint density at radius 1 is 0.410 bits per heavy atom. The van der Waals surface area contributed by atoms with E-state index in [9.17, 15) is 8.22 Å². The smallest absolute Gasteiger partial charge is 0.136 e. The van der Waals surface area contributed by atoms with E-state index in [1.807, 2.05) is 12.1 Å². The summed E-state index contributed by atoms with van der Waals surface area (Å²) in [6, 6.07) is 14.3. The first-order chi connectivity index (χ1) is 24.4.